The molecular formula is C27H40O7. The van der Waals surface area contributed by atoms with Crippen molar-refractivity contribution in [3.8, 4) is 0 Å². The number of hydrogen-bond donors (Lipinski definition) is 1. The molecule has 2 aliphatic carbocycles. The molecule has 0 amide bonds. The average molecular weight is 477 g/mol. The Kier molecular flexibility index (Phi) is 7.70. The zero-order valence-corrected chi connectivity index (χ0v) is 20.6. The summed E-state index contributed by atoms with van der Waals surface area (Å²) in [4.78, 5) is 35.1. The Bertz CT molecular complexity index is 807. The van der Waals surface area contributed by atoms with Crippen LogP contribution in [0.2, 0.25) is 0 Å². The highest BCUT2D eigenvalue weighted by atomic mass is 16.6. The largest absolute Gasteiger partial charge is 0.463 e. The van der Waals surface area contributed by atoms with Crippen molar-refractivity contribution in [1.82, 2.24) is 0 Å². The maximum Gasteiger partial charge on any atom is 0.334 e. The Labute approximate surface area is 202 Å². The van der Waals surface area contributed by atoms with Crippen LogP contribution in [-0.4, -0.2) is 47.4 Å². The van der Waals surface area contributed by atoms with Crippen LogP contribution < -0.4 is 0 Å². The second-order valence-electron chi connectivity index (χ2n) is 11.2. The lowest BCUT2D eigenvalue weighted by Crippen LogP contribution is -2.26. The highest BCUT2D eigenvalue weighted by Gasteiger charge is 2.66. The predicted octanol–water partition coefficient (Wildman–Crippen LogP) is 4.25. The van der Waals surface area contributed by atoms with Gasteiger partial charge in [0.05, 0.1) is 12.5 Å². The fraction of sp³-hybridized carbons (Fsp3) is 0.815. The monoisotopic (exact) mass is 476 g/mol. The highest BCUT2D eigenvalue weighted by Crippen LogP contribution is 2.70. The number of aliphatic hydroxyl groups excluding tert-OH is 1. The van der Waals surface area contributed by atoms with E-state index < -0.39 is 6.10 Å². The molecule has 4 rings (SSSR count). The van der Waals surface area contributed by atoms with E-state index in [9.17, 15) is 19.5 Å². The number of hydrogen-bond acceptors (Lipinski definition) is 7. The number of rotatable bonds is 12. The molecular weight excluding hydrogens is 436 g/mol. The van der Waals surface area contributed by atoms with Crippen molar-refractivity contribution < 1.29 is 33.7 Å². The molecule has 2 saturated heterocycles. The summed E-state index contributed by atoms with van der Waals surface area (Å²) in [5, 5.41) is 9.71. The van der Waals surface area contributed by atoms with Crippen LogP contribution >= 0.6 is 0 Å². The van der Waals surface area contributed by atoms with E-state index in [1.807, 2.05) is 6.92 Å². The Morgan fingerprint density at radius 2 is 1.91 bits per heavy atom. The van der Waals surface area contributed by atoms with E-state index in [1.54, 1.807) is 0 Å². The number of esters is 3. The summed E-state index contributed by atoms with van der Waals surface area (Å²) in [5.41, 5.74) is 0.894. The molecule has 2 saturated carbocycles. The number of carbonyl (C=O) groups is 3. The van der Waals surface area contributed by atoms with Crippen LogP contribution in [0.5, 0.6) is 0 Å². The summed E-state index contributed by atoms with van der Waals surface area (Å²) in [7, 11) is 0. The molecule has 0 radical (unpaired) electrons. The standard InChI is InChI=1S/C27H40O7/c1-16(11-12-19-20-13-18-17(2)26(31)34-23(18)15-27(19,20)3)32-24(29)10-8-6-4-5-7-9-22-21(28)14-25(30)33-22/h16,18-23,28H,2,4-15H2,1,3H3/t16-,18-,19+,20+,21-,22+,23-,27-/m1/s1. The molecule has 0 unspecified atom stereocenters. The summed E-state index contributed by atoms with van der Waals surface area (Å²) >= 11 is 0. The van der Waals surface area contributed by atoms with Crippen LogP contribution in [0, 0.1) is 23.2 Å². The van der Waals surface area contributed by atoms with Crippen molar-refractivity contribution in [2.24, 2.45) is 23.2 Å². The zero-order valence-electron chi connectivity index (χ0n) is 20.6. The van der Waals surface area contributed by atoms with Crippen LogP contribution in [0.25, 0.3) is 0 Å². The number of unbranched alkanes of at least 4 members (excludes halogenated alkanes) is 4. The Morgan fingerprint density at radius 3 is 2.65 bits per heavy atom. The summed E-state index contributed by atoms with van der Waals surface area (Å²) in [5.74, 6) is 0.777. The second-order valence-corrected chi connectivity index (χ2v) is 11.2. The first kappa shape index (κ1) is 25.2. The summed E-state index contributed by atoms with van der Waals surface area (Å²) in [6.07, 6.45) is 8.75. The first-order valence-electron chi connectivity index (χ1n) is 13.2. The number of aliphatic hydroxyl groups is 1. The first-order chi connectivity index (χ1) is 16.2. The van der Waals surface area contributed by atoms with Gasteiger partial charge in [-0.3, -0.25) is 9.59 Å². The van der Waals surface area contributed by atoms with Gasteiger partial charge in [-0.05, 0) is 69.1 Å². The molecule has 4 aliphatic rings. The van der Waals surface area contributed by atoms with Gasteiger partial charge in [-0.2, -0.15) is 0 Å². The lowest BCUT2D eigenvalue weighted by atomic mass is 9.79. The minimum atomic E-state index is -0.657. The Morgan fingerprint density at radius 1 is 1.18 bits per heavy atom. The summed E-state index contributed by atoms with van der Waals surface area (Å²) in [6, 6.07) is 0. The number of cyclic esters (lactones) is 1. The van der Waals surface area contributed by atoms with Gasteiger partial charge in [0.2, 0.25) is 0 Å². The van der Waals surface area contributed by atoms with Gasteiger partial charge in [0.25, 0.3) is 0 Å². The molecule has 0 aromatic rings. The van der Waals surface area contributed by atoms with E-state index in [0.717, 1.165) is 57.8 Å². The normalized spacial score (nSPS) is 37.0. The van der Waals surface area contributed by atoms with E-state index >= 15 is 0 Å². The smallest absolute Gasteiger partial charge is 0.334 e. The van der Waals surface area contributed by atoms with Gasteiger partial charge in [-0.25, -0.2) is 4.79 Å². The van der Waals surface area contributed by atoms with E-state index in [1.165, 1.54) is 0 Å². The third-order valence-electron chi connectivity index (χ3n) is 8.81. The fourth-order valence-corrected chi connectivity index (χ4v) is 6.64. The highest BCUT2D eigenvalue weighted by molar-refractivity contribution is 5.90. The molecule has 8 atom stereocenters. The van der Waals surface area contributed by atoms with Crippen LogP contribution in [0.15, 0.2) is 12.2 Å². The third-order valence-corrected chi connectivity index (χ3v) is 8.81. The van der Waals surface area contributed by atoms with Gasteiger partial charge in [0.1, 0.15) is 18.3 Å². The molecule has 7 heteroatoms. The van der Waals surface area contributed by atoms with Crippen LogP contribution in [0.4, 0.5) is 0 Å². The van der Waals surface area contributed by atoms with Crippen molar-refractivity contribution in [1.29, 1.82) is 0 Å². The topological polar surface area (TPSA) is 99.1 Å². The molecule has 1 N–H and O–H groups in total. The molecule has 2 aliphatic heterocycles. The van der Waals surface area contributed by atoms with Gasteiger partial charge in [-0.1, -0.05) is 32.8 Å². The SMILES string of the molecule is C=C1C(=O)O[C@@H]2C[C@]3(C)[C@@H](CC[C@@H](C)OC(=O)CCCCCCC[C@@H]4OC(=O)C[C@H]4O)[C@@H]3C[C@H]12. The quantitative estimate of drug-likeness (QED) is 0.195. The maximum atomic E-state index is 12.2. The molecule has 0 bridgehead atoms. The molecule has 34 heavy (non-hydrogen) atoms. The van der Waals surface area contributed by atoms with E-state index in [2.05, 4.69) is 13.5 Å². The van der Waals surface area contributed by atoms with E-state index in [4.69, 9.17) is 14.2 Å². The maximum absolute atomic E-state index is 12.2. The van der Waals surface area contributed by atoms with Gasteiger partial charge >= 0.3 is 17.9 Å². The van der Waals surface area contributed by atoms with Gasteiger partial charge in [0.15, 0.2) is 0 Å². The molecule has 0 aromatic heterocycles. The lowest BCUT2D eigenvalue weighted by Gasteiger charge is -2.27. The Hall–Kier alpha value is -1.89. The van der Waals surface area contributed by atoms with Crippen molar-refractivity contribution in [3.05, 3.63) is 12.2 Å². The first-order valence-corrected chi connectivity index (χ1v) is 13.2. The summed E-state index contributed by atoms with van der Waals surface area (Å²) in [6.45, 7) is 8.23. The predicted molar refractivity (Wildman–Crippen MR) is 124 cm³/mol. The number of fused-ring (bicyclic) bond motifs is 2. The minimum Gasteiger partial charge on any atom is -0.463 e. The zero-order chi connectivity index (χ0) is 24.5. The van der Waals surface area contributed by atoms with Gasteiger partial charge in [0, 0.05) is 17.9 Å². The number of carbonyl (C=O) groups excluding carboxylic acids is 3. The van der Waals surface area contributed by atoms with Gasteiger partial charge < -0.3 is 19.3 Å². The summed E-state index contributed by atoms with van der Waals surface area (Å²) < 4.78 is 16.3. The molecule has 4 fully saturated rings. The second kappa shape index (κ2) is 10.4. The lowest BCUT2D eigenvalue weighted by molar-refractivity contribution is -0.148. The molecule has 0 aromatic carbocycles. The minimum absolute atomic E-state index is 0.00772. The molecule has 190 valence electrons. The van der Waals surface area contributed by atoms with Crippen molar-refractivity contribution in [2.45, 2.75) is 115 Å². The van der Waals surface area contributed by atoms with Crippen LogP contribution in [0.3, 0.4) is 0 Å². The molecule has 2 heterocycles. The van der Waals surface area contributed by atoms with Crippen molar-refractivity contribution >= 4 is 17.9 Å². The average Bonchev–Trinajstić information content (AvgIpc) is 3.04. The Balaban J connectivity index is 1.04. The van der Waals surface area contributed by atoms with Crippen molar-refractivity contribution in [2.75, 3.05) is 0 Å². The molecule has 0 spiro atoms. The molecule has 7 nitrogen and oxygen atoms in total. The van der Waals surface area contributed by atoms with Crippen LogP contribution in [-0.2, 0) is 28.6 Å². The van der Waals surface area contributed by atoms with E-state index in [0.29, 0.717) is 30.3 Å². The van der Waals surface area contributed by atoms with Crippen LogP contribution in [0.1, 0.15) is 90.9 Å². The van der Waals surface area contributed by atoms with E-state index in [-0.39, 0.29) is 54.0 Å². The fourth-order valence-electron chi connectivity index (χ4n) is 6.64. The third kappa shape index (κ3) is 5.50. The number of ether oxygens (including phenoxy) is 3. The van der Waals surface area contributed by atoms with Gasteiger partial charge in [-0.15, -0.1) is 0 Å². The van der Waals surface area contributed by atoms with Crippen molar-refractivity contribution in [3.63, 3.8) is 0 Å².